The zero-order valence-corrected chi connectivity index (χ0v) is 7.73. The molecule has 0 aliphatic carbocycles. The minimum absolute atomic E-state index is 0.0723. The van der Waals surface area contributed by atoms with Crippen molar-refractivity contribution in [1.29, 1.82) is 0 Å². The summed E-state index contributed by atoms with van der Waals surface area (Å²) in [4.78, 5) is 9.95. The summed E-state index contributed by atoms with van der Waals surface area (Å²) in [6.07, 6.45) is 1.41. The quantitative estimate of drug-likeness (QED) is 0.248. The fourth-order valence-corrected chi connectivity index (χ4v) is 0.810. The van der Waals surface area contributed by atoms with Gasteiger partial charge < -0.3 is 5.73 Å². The maximum atomic E-state index is 7.98. The molecule has 0 aliphatic heterocycles. The van der Waals surface area contributed by atoms with Crippen LogP contribution in [0.5, 0.6) is 0 Å². The van der Waals surface area contributed by atoms with Crippen molar-refractivity contribution in [1.82, 2.24) is 9.97 Å². The van der Waals surface area contributed by atoms with Crippen molar-refractivity contribution in [2.24, 2.45) is 5.11 Å². The predicted molar refractivity (Wildman–Crippen MR) is 52.3 cm³/mol. The molecule has 1 heterocycles. The van der Waals surface area contributed by atoms with E-state index in [9.17, 15) is 0 Å². The highest BCUT2D eigenvalue weighted by Crippen LogP contribution is 2.08. The second-order valence-corrected chi connectivity index (χ2v) is 2.47. The number of hydrogen-bond acceptors (Lipinski definition) is 4. The first-order chi connectivity index (χ1) is 6.74. The molecule has 0 spiro atoms. The van der Waals surface area contributed by atoms with Crippen LogP contribution in [-0.4, -0.2) is 16.5 Å². The second-order valence-electron chi connectivity index (χ2n) is 2.13. The third kappa shape index (κ3) is 2.83. The van der Waals surface area contributed by atoms with Crippen molar-refractivity contribution >= 4 is 17.4 Å². The van der Waals surface area contributed by atoms with Gasteiger partial charge in [0.1, 0.15) is 5.82 Å². The maximum absolute atomic E-state index is 7.98. The number of anilines is 1. The monoisotopic (exact) mass is 208 g/mol. The lowest BCUT2D eigenvalue weighted by Crippen LogP contribution is -1.96. The minimum Gasteiger partial charge on any atom is -0.383 e. The van der Waals surface area contributed by atoms with E-state index >= 15 is 0 Å². The Morgan fingerprint density at radius 1 is 1.71 bits per heavy atom. The van der Waals surface area contributed by atoms with Crippen LogP contribution in [0.1, 0.15) is 5.56 Å². The van der Waals surface area contributed by atoms with E-state index in [1.54, 1.807) is 0 Å². The molecule has 0 unspecified atom stereocenters. The minimum atomic E-state index is 0.0723. The average molecular weight is 209 g/mol. The number of aromatic nitrogens is 2. The van der Waals surface area contributed by atoms with Crippen LogP contribution < -0.4 is 5.73 Å². The van der Waals surface area contributed by atoms with Crippen LogP contribution in [-0.2, 0) is 0 Å². The third-order valence-electron chi connectivity index (χ3n) is 1.22. The van der Waals surface area contributed by atoms with Gasteiger partial charge in [-0.2, -0.15) is 4.98 Å². The van der Waals surface area contributed by atoms with Crippen LogP contribution in [0.3, 0.4) is 0 Å². The average Bonchev–Trinajstić information content (AvgIpc) is 2.15. The second kappa shape index (κ2) is 4.92. The molecule has 0 aliphatic rings. The first-order valence-corrected chi connectivity index (χ1v) is 3.89. The van der Waals surface area contributed by atoms with Gasteiger partial charge in [0.05, 0.1) is 12.1 Å². The van der Waals surface area contributed by atoms with Gasteiger partial charge in [-0.15, -0.1) is 0 Å². The van der Waals surface area contributed by atoms with E-state index in [-0.39, 0.29) is 17.6 Å². The van der Waals surface area contributed by atoms with Crippen LogP contribution in [0, 0.1) is 11.8 Å². The highest BCUT2D eigenvalue weighted by Gasteiger charge is 1.98. The molecule has 0 saturated heterocycles. The molecule has 70 valence electrons. The number of hydrogen-bond donors (Lipinski definition) is 1. The number of rotatable bonds is 1. The van der Waals surface area contributed by atoms with Gasteiger partial charge in [0.2, 0.25) is 5.28 Å². The molecule has 0 aromatic carbocycles. The third-order valence-corrected chi connectivity index (χ3v) is 1.41. The van der Waals surface area contributed by atoms with Crippen LogP contribution in [0.2, 0.25) is 5.28 Å². The van der Waals surface area contributed by atoms with E-state index in [1.807, 2.05) is 0 Å². The van der Waals surface area contributed by atoms with Crippen molar-refractivity contribution < 1.29 is 0 Å². The van der Waals surface area contributed by atoms with E-state index < -0.39 is 0 Å². The molecule has 0 bridgehead atoms. The van der Waals surface area contributed by atoms with Gasteiger partial charge in [0.15, 0.2) is 0 Å². The zero-order valence-electron chi connectivity index (χ0n) is 6.98. The first-order valence-electron chi connectivity index (χ1n) is 3.52. The topological polar surface area (TPSA) is 101 Å². The lowest BCUT2D eigenvalue weighted by atomic mass is 10.3. The number of azide groups is 1. The molecule has 6 nitrogen and oxygen atoms in total. The molecule has 0 fully saturated rings. The molecular formula is C7H5ClN6. The molecular weight excluding hydrogens is 204 g/mol. The van der Waals surface area contributed by atoms with Crippen molar-refractivity contribution in [2.75, 3.05) is 12.3 Å². The van der Waals surface area contributed by atoms with Crippen molar-refractivity contribution in [2.45, 2.75) is 0 Å². The Labute approximate surface area is 84.7 Å². The molecule has 0 amide bonds. The smallest absolute Gasteiger partial charge is 0.224 e. The molecule has 7 heteroatoms. The Kier molecular flexibility index (Phi) is 3.56. The lowest BCUT2D eigenvalue weighted by Gasteiger charge is -1.95. The van der Waals surface area contributed by atoms with E-state index in [1.165, 1.54) is 6.20 Å². The normalized spacial score (nSPS) is 8.36. The molecule has 0 atom stereocenters. The van der Waals surface area contributed by atoms with Gasteiger partial charge in [-0.05, 0) is 17.1 Å². The molecule has 14 heavy (non-hydrogen) atoms. The summed E-state index contributed by atoms with van der Waals surface area (Å²) in [5.74, 6) is 5.45. The van der Waals surface area contributed by atoms with Crippen molar-refractivity contribution in [3.8, 4) is 11.8 Å². The Balaban J connectivity index is 2.84. The summed E-state index contributed by atoms with van der Waals surface area (Å²) in [6.45, 7) is 0.0819. The fourth-order valence-electron chi connectivity index (χ4n) is 0.670. The molecule has 0 radical (unpaired) electrons. The van der Waals surface area contributed by atoms with E-state index in [2.05, 4.69) is 31.8 Å². The SMILES string of the molecule is [N-]=[N+]=NCC#Cc1cnc(Cl)nc1N. The van der Waals surface area contributed by atoms with E-state index in [0.717, 1.165) is 0 Å². The fraction of sp³-hybridized carbons (Fsp3) is 0.143. The molecule has 1 rings (SSSR count). The Morgan fingerprint density at radius 3 is 3.14 bits per heavy atom. The largest absolute Gasteiger partial charge is 0.383 e. The van der Waals surface area contributed by atoms with Crippen LogP contribution in [0.15, 0.2) is 11.3 Å². The maximum Gasteiger partial charge on any atom is 0.224 e. The van der Waals surface area contributed by atoms with Crippen molar-refractivity contribution in [3.63, 3.8) is 0 Å². The van der Waals surface area contributed by atoms with E-state index in [4.69, 9.17) is 22.9 Å². The zero-order chi connectivity index (χ0) is 10.4. The van der Waals surface area contributed by atoms with Gasteiger partial charge in [-0.25, -0.2) is 4.98 Å². The number of halogens is 1. The molecule has 1 aromatic rings. The summed E-state index contributed by atoms with van der Waals surface area (Å²) in [5.41, 5.74) is 13.9. The van der Waals surface area contributed by atoms with Gasteiger partial charge in [0, 0.05) is 11.1 Å². The molecule has 0 saturated carbocycles. The standard InChI is InChI=1S/C7H5ClN6/c8-7-11-4-5(6(9)13-7)2-1-3-12-14-10/h4H,3H2,(H2,9,11,13). The number of nitrogen functional groups attached to an aromatic ring is 1. The lowest BCUT2D eigenvalue weighted by molar-refractivity contribution is 1.16. The summed E-state index contributed by atoms with van der Waals surface area (Å²) >= 11 is 5.48. The Morgan fingerprint density at radius 2 is 2.50 bits per heavy atom. The Bertz CT molecular complexity index is 439. The predicted octanol–water partition coefficient (Wildman–Crippen LogP) is 1.37. The summed E-state index contributed by atoms with van der Waals surface area (Å²) in [5, 5.41) is 3.31. The summed E-state index contributed by atoms with van der Waals surface area (Å²) < 4.78 is 0. The molecule has 2 N–H and O–H groups in total. The number of nitrogens with two attached hydrogens (primary N) is 1. The number of nitrogens with zero attached hydrogens (tertiary/aromatic N) is 5. The van der Waals surface area contributed by atoms with Gasteiger partial charge >= 0.3 is 0 Å². The van der Waals surface area contributed by atoms with Crippen LogP contribution >= 0.6 is 11.6 Å². The van der Waals surface area contributed by atoms with Gasteiger partial charge in [-0.1, -0.05) is 17.0 Å². The van der Waals surface area contributed by atoms with Crippen LogP contribution in [0.25, 0.3) is 10.4 Å². The van der Waals surface area contributed by atoms with Gasteiger partial charge in [0.25, 0.3) is 0 Å². The Hall–Kier alpha value is -1.96. The first kappa shape index (κ1) is 10.1. The summed E-state index contributed by atoms with van der Waals surface area (Å²) in [7, 11) is 0. The molecule has 1 aromatic heterocycles. The van der Waals surface area contributed by atoms with Crippen molar-refractivity contribution in [3.05, 3.63) is 27.5 Å². The highest BCUT2D eigenvalue weighted by atomic mass is 35.5. The summed E-state index contributed by atoms with van der Waals surface area (Å²) in [6, 6.07) is 0. The van der Waals surface area contributed by atoms with E-state index in [0.29, 0.717) is 5.56 Å². The van der Waals surface area contributed by atoms with Crippen LogP contribution in [0.4, 0.5) is 5.82 Å². The van der Waals surface area contributed by atoms with Gasteiger partial charge in [-0.3, -0.25) is 0 Å². The highest BCUT2D eigenvalue weighted by molar-refractivity contribution is 6.28.